The zero-order chi connectivity index (χ0) is 13.3. The number of aliphatic hydroxyl groups is 1. The van der Waals surface area contributed by atoms with E-state index in [1.54, 1.807) is 0 Å². The SMILES string of the molecule is Cc1ccc(N2CCC(CO)CC2(C)C)cc1C. The Morgan fingerprint density at radius 1 is 1.28 bits per heavy atom. The molecule has 2 nitrogen and oxygen atoms in total. The number of anilines is 1. The van der Waals surface area contributed by atoms with Crippen molar-refractivity contribution in [3.8, 4) is 0 Å². The average molecular weight is 247 g/mol. The number of benzene rings is 1. The molecule has 1 aromatic rings. The summed E-state index contributed by atoms with van der Waals surface area (Å²) in [4.78, 5) is 2.49. The first-order valence-corrected chi connectivity index (χ1v) is 6.90. The van der Waals surface area contributed by atoms with Gasteiger partial charge in [0.15, 0.2) is 0 Å². The van der Waals surface area contributed by atoms with Crippen molar-refractivity contribution in [1.82, 2.24) is 0 Å². The molecule has 0 spiro atoms. The summed E-state index contributed by atoms with van der Waals surface area (Å²) in [6.45, 7) is 10.3. The smallest absolute Gasteiger partial charge is 0.0460 e. The Morgan fingerprint density at radius 2 is 2.00 bits per heavy atom. The van der Waals surface area contributed by atoms with Gasteiger partial charge in [0, 0.05) is 24.4 Å². The van der Waals surface area contributed by atoms with Gasteiger partial charge in [0.25, 0.3) is 0 Å². The summed E-state index contributed by atoms with van der Waals surface area (Å²) in [7, 11) is 0. The third-order valence-electron chi connectivity index (χ3n) is 4.34. The number of aliphatic hydroxyl groups excluding tert-OH is 1. The van der Waals surface area contributed by atoms with Gasteiger partial charge in [-0.15, -0.1) is 0 Å². The van der Waals surface area contributed by atoms with E-state index in [0.717, 1.165) is 19.4 Å². The molecular formula is C16H25NO. The molecule has 18 heavy (non-hydrogen) atoms. The first-order chi connectivity index (χ1) is 8.44. The Morgan fingerprint density at radius 3 is 2.56 bits per heavy atom. The fourth-order valence-corrected chi connectivity index (χ4v) is 3.06. The number of hydrogen-bond donors (Lipinski definition) is 1. The van der Waals surface area contributed by atoms with E-state index >= 15 is 0 Å². The van der Waals surface area contributed by atoms with Crippen LogP contribution in [0.4, 0.5) is 5.69 Å². The highest BCUT2D eigenvalue weighted by Gasteiger charge is 2.34. The van der Waals surface area contributed by atoms with Gasteiger partial charge >= 0.3 is 0 Å². The van der Waals surface area contributed by atoms with Crippen molar-refractivity contribution in [1.29, 1.82) is 0 Å². The number of nitrogens with zero attached hydrogens (tertiary/aromatic N) is 1. The molecule has 1 aromatic carbocycles. The standard InChI is InChI=1S/C16H25NO/c1-12-5-6-15(9-13(12)2)17-8-7-14(11-18)10-16(17,3)4/h5-6,9,14,18H,7-8,10-11H2,1-4H3. The minimum atomic E-state index is 0.132. The molecule has 2 heteroatoms. The van der Waals surface area contributed by atoms with Gasteiger partial charge in [-0.2, -0.15) is 0 Å². The third kappa shape index (κ3) is 2.54. The van der Waals surface area contributed by atoms with E-state index in [4.69, 9.17) is 0 Å². The zero-order valence-electron chi connectivity index (χ0n) is 12.0. The van der Waals surface area contributed by atoms with Crippen molar-refractivity contribution >= 4 is 5.69 Å². The summed E-state index contributed by atoms with van der Waals surface area (Å²) in [6.07, 6.45) is 2.16. The first kappa shape index (κ1) is 13.4. The number of rotatable bonds is 2. The summed E-state index contributed by atoms with van der Waals surface area (Å²) in [6, 6.07) is 6.72. The average Bonchev–Trinajstić information content (AvgIpc) is 2.31. The first-order valence-electron chi connectivity index (χ1n) is 6.90. The van der Waals surface area contributed by atoms with E-state index in [1.807, 2.05) is 0 Å². The van der Waals surface area contributed by atoms with Gasteiger partial charge in [-0.05, 0) is 69.7 Å². The second-order valence-electron chi connectivity index (χ2n) is 6.27. The molecule has 1 saturated heterocycles. The number of hydrogen-bond acceptors (Lipinski definition) is 2. The molecule has 1 aliphatic heterocycles. The minimum absolute atomic E-state index is 0.132. The Kier molecular flexibility index (Phi) is 3.67. The molecule has 1 fully saturated rings. The lowest BCUT2D eigenvalue weighted by Crippen LogP contribution is -2.50. The van der Waals surface area contributed by atoms with Crippen molar-refractivity contribution in [2.24, 2.45) is 5.92 Å². The monoisotopic (exact) mass is 247 g/mol. The van der Waals surface area contributed by atoms with Gasteiger partial charge in [-0.25, -0.2) is 0 Å². The van der Waals surface area contributed by atoms with E-state index in [0.29, 0.717) is 12.5 Å². The Balaban J connectivity index is 2.25. The summed E-state index contributed by atoms with van der Waals surface area (Å²) < 4.78 is 0. The van der Waals surface area contributed by atoms with Gasteiger partial charge in [-0.1, -0.05) is 6.07 Å². The van der Waals surface area contributed by atoms with Crippen LogP contribution in [0.3, 0.4) is 0 Å². The maximum atomic E-state index is 9.34. The highest BCUT2D eigenvalue weighted by molar-refractivity contribution is 5.53. The summed E-state index contributed by atoms with van der Waals surface area (Å²) in [5.41, 5.74) is 4.15. The van der Waals surface area contributed by atoms with Crippen molar-refractivity contribution in [3.05, 3.63) is 29.3 Å². The Bertz CT molecular complexity index is 425. The fraction of sp³-hybridized carbons (Fsp3) is 0.625. The molecular weight excluding hydrogens is 222 g/mol. The maximum absolute atomic E-state index is 9.34. The van der Waals surface area contributed by atoms with E-state index in [9.17, 15) is 5.11 Å². The second-order valence-corrected chi connectivity index (χ2v) is 6.27. The van der Waals surface area contributed by atoms with Crippen molar-refractivity contribution in [2.75, 3.05) is 18.1 Å². The van der Waals surface area contributed by atoms with Crippen LogP contribution >= 0.6 is 0 Å². The van der Waals surface area contributed by atoms with E-state index in [2.05, 4.69) is 50.8 Å². The van der Waals surface area contributed by atoms with Gasteiger partial charge in [0.1, 0.15) is 0 Å². The van der Waals surface area contributed by atoms with Gasteiger partial charge in [0.05, 0.1) is 0 Å². The lowest BCUT2D eigenvalue weighted by molar-refractivity contribution is 0.166. The van der Waals surface area contributed by atoms with Crippen molar-refractivity contribution < 1.29 is 5.11 Å². The van der Waals surface area contributed by atoms with Crippen LogP contribution in [-0.4, -0.2) is 23.8 Å². The topological polar surface area (TPSA) is 23.5 Å². The van der Waals surface area contributed by atoms with Crippen molar-refractivity contribution in [3.63, 3.8) is 0 Å². The van der Waals surface area contributed by atoms with Crippen molar-refractivity contribution in [2.45, 2.75) is 46.1 Å². The van der Waals surface area contributed by atoms with Crippen LogP contribution in [0.1, 0.15) is 37.8 Å². The largest absolute Gasteiger partial charge is 0.396 e. The predicted molar refractivity (Wildman–Crippen MR) is 77.2 cm³/mol. The summed E-state index contributed by atoms with van der Waals surface area (Å²) in [5.74, 6) is 0.461. The van der Waals surface area contributed by atoms with Gasteiger partial charge in [-0.3, -0.25) is 0 Å². The van der Waals surface area contributed by atoms with E-state index < -0.39 is 0 Å². The second kappa shape index (κ2) is 4.93. The lowest BCUT2D eigenvalue weighted by Gasteiger charge is -2.47. The molecule has 1 atom stereocenters. The maximum Gasteiger partial charge on any atom is 0.0460 e. The number of aryl methyl sites for hydroxylation is 2. The minimum Gasteiger partial charge on any atom is -0.396 e. The number of piperidine rings is 1. The van der Waals surface area contributed by atoms with Crippen LogP contribution in [0, 0.1) is 19.8 Å². The van der Waals surface area contributed by atoms with Gasteiger partial charge < -0.3 is 10.0 Å². The molecule has 100 valence electrons. The molecule has 0 amide bonds. The summed E-state index contributed by atoms with van der Waals surface area (Å²) in [5, 5.41) is 9.34. The van der Waals surface area contributed by atoms with Crippen LogP contribution < -0.4 is 4.90 Å². The lowest BCUT2D eigenvalue weighted by atomic mass is 9.82. The van der Waals surface area contributed by atoms with E-state index in [-0.39, 0.29) is 5.54 Å². The van der Waals surface area contributed by atoms with Crippen LogP contribution in [0.15, 0.2) is 18.2 Å². The highest BCUT2D eigenvalue weighted by Crippen LogP contribution is 2.35. The van der Waals surface area contributed by atoms with Crippen LogP contribution in [0.5, 0.6) is 0 Å². The van der Waals surface area contributed by atoms with E-state index in [1.165, 1.54) is 16.8 Å². The summed E-state index contributed by atoms with van der Waals surface area (Å²) >= 11 is 0. The van der Waals surface area contributed by atoms with Crippen LogP contribution in [-0.2, 0) is 0 Å². The molecule has 0 radical (unpaired) electrons. The quantitative estimate of drug-likeness (QED) is 0.867. The Labute approximate surface area is 111 Å². The molecule has 0 bridgehead atoms. The highest BCUT2D eigenvalue weighted by atomic mass is 16.3. The molecule has 1 aliphatic rings. The van der Waals surface area contributed by atoms with Gasteiger partial charge in [0.2, 0.25) is 0 Å². The fourth-order valence-electron chi connectivity index (χ4n) is 3.06. The van der Waals surface area contributed by atoms with Crippen LogP contribution in [0.2, 0.25) is 0 Å². The molecule has 1 heterocycles. The third-order valence-corrected chi connectivity index (χ3v) is 4.34. The molecule has 0 aromatic heterocycles. The Hall–Kier alpha value is -1.02. The molecule has 0 aliphatic carbocycles. The normalized spacial score (nSPS) is 23.2. The molecule has 1 unspecified atom stereocenters. The molecule has 0 saturated carbocycles. The zero-order valence-corrected chi connectivity index (χ0v) is 12.0. The predicted octanol–water partition coefficient (Wildman–Crippen LogP) is 3.29. The van der Waals surface area contributed by atoms with Crippen LogP contribution in [0.25, 0.3) is 0 Å². The molecule has 2 rings (SSSR count). The molecule has 1 N–H and O–H groups in total.